The summed E-state index contributed by atoms with van der Waals surface area (Å²) in [6, 6.07) is 4.64. The number of hydrogen-bond donors (Lipinski definition) is 1. The van der Waals surface area contributed by atoms with E-state index in [4.69, 9.17) is 0 Å². The second-order valence-corrected chi connectivity index (χ2v) is 6.47. The molecule has 162 valence electrons. The summed E-state index contributed by atoms with van der Waals surface area (Å²) < 4.78 is 142. The fraction of sp³-hybridized carbons (Fsp3) is 0.625. The third kappa shape index (κ3) is 4.06. The zero-order chi connectivity index (χ0) is 22.3. The molecule has 0 saturated heterocycles. The van der Waals surface area contributed by atoms with Gasteiger partial charge in [-0.1, -0.05) is 38.1 Å². The molecule has 0 fully saturated rings. The first-order chi connectivity index (χ1) is 12.3. The van der Waals surface area contributed by atoms with E-state index in [1.165, 1.54) is 12.1 Å². The minimum absolute atomic E-state index is 0.0414. The lowest BCUT2D eigenvalue weighted by atomic mass is 9.92. The van der Waals surface area contributed by atoms with Crippen molar-refractivity contribution in [3.05, 3.63) is 35.4 Å². The number of rotatable bonds is 7. The monoisotopic (exact) mass is 432 g/mol. The molecule has 0 heterocycles. The molecule has 0 aliphatic heterocycles. The normalized spacial score (nSPS) is 15.8. The van der Waals surface area contributed by atoms with Gasteiger partial charge in [-0.05, 0) is 17.0 Å². The summed E-state index contributed by atoms with van der Waals surface area (Å²) >= 11 is 0. The second kappa shape index (κ2) is 7.34. The van der Waals surface area contributed by atoms with Gasteiger partial charge in [-0.15, -0.1) is 0 Å². The van der Waals surface area contributed by atoms with Gasteiger partial charge in [-0.3, -0.25) is 0 Å². The average Bonchev–Trinajstić information content (AvgIpc) is 2.52. The molecule has 1 nitrogen and oxygen atoms in total. The van der Waals surface area contributed by atoms with Gasteiger partial charge in [0.25, 0.3) is 0 Å². The van der Waals surface area contributed by atoms with Crippen molar-refractivity contribution in [3.63, 3.8) is 0 Å². The van der Waals surface area contributed by atoms with Crippen molar-refractivity contribution in [3.8, 4) is 0 Å². The van der Waals surface area contributed by atoms with E-state index in [-0.39, 0.29) is 5.92 Å². The van der Waals surface area contributed by atoms with Crippen molar-refractivity contribution in [2.24, 2.45) is 0 Å². The van der Waals surface area contributed by atoms with Gasteiger partial charge in [0.1, 0.15) is 0 Å². The highest BCUT2D eigenvalue weighted by Gasteiger charge is 2.87. The van der Waals surface area contributed by atoms with Crippen molar-refractivity contribution in [2.45, 2.75) is 62.2 Å². The topological polar surface area (TPSA) is 20.2 Å². The fourth-order valence-corrected chi connectivity index (χ4v) is 2.20. The van der Waals surface area contributed by atoms with Crippen LogP contribution in [0.15, 0.2) is 24.3 Å². The molecule has 1 N–H and O–H groups in total. The van der Waals surface area contributed by atoms with Crippen LogP contribution in [0.1, 0.15) is 43.4 Å². The minimum Gasteiger partial charge on any atom is -0.388 e. The van der Waals surface area contributed by atoms with Crippen molar-refractivity contribution in [1.29, 1.82) is 0 Å². The molecular formula is C16H15F11O. The maximum atomic E-state index is 13.7. The highest BCUT2D eigenvalue weighted by atomic mass is 19.4. The zero-order valence-corrected chi connectivity index (χ0v) is 14.3. The second-order valence-electron chi connectivity index (χ2n) is 6.47. The number of halogens is 11. The summed E-state index contributed by atoms with van der Waals surface area (Å²) in [5.74, 6) is -28.2. The summed E-state index contributed by atoms with van der Waals surface area (Å²) in [6.45, 7) is 3.48. The van der Waals surface area contributed by atoms with E-state index in [2.05, 4.69) is 0 Å². The van der Waals surface area contributed by atoms with E-state index in [1.54, 1.807) is 13.8 Å². The van der Waals surface area contributed by atoms with Gasteiger partial charge in [0.15, 0.2) is 0 Å². The first-order valence-electron chi connectivity index (χ1n) is 7.65. The van der Waals surface area contributed by atoms with Crippen LogP contribution in [-0.2, 0) is 0 Å². The van der Waals surface area contributed by atoms with Gasteiger partial charge in [0, 0.05) is 6.42 Å². The maximum Gasteiger partial charge on any atom is 0.460 e. The standard InChI is InChI=1S/C16H15F11O/c1-8(2)9-3-5-10(6-4-9)11(28)7-12(17,18)13(19,20)14(21,22)15(23,24)16(25,26)27/h3-6,8,11,28H,7H2,1-2H3. The van der Waals surface area contributed by atoms with Crippen molar-refractivity contribution >= 4 is 0 Å². The van der Waals surface area contributed by atoms with E-state index in [0.717, 1.165) is 12.1 Å². The van der Waals surface area contributed by atoms with Crippen molar-refractivity contribution < 1.29 is 53.4 Å². The van der Waals surface area contributed by atoms with Gasteiger partial charge < -0.3 is 5.11 Å². The molecule has 0 radical (unpaired) electrons. The highest BCUT2D eigenvalue weighted by Crippen LogP contribution is 2.58. The Morgan fingerprint density at radius 1 is 0.679 bits per heavy atom. The van der Waals surface area contributed by atoms with Gasteiger partial charge in [-0.2, -0.15) is 48.3 Å². The van der Waals surface area contributed by atoms with Crippen LogP contribution in [0, 0.1) is 0 Å². The average molecular weight is 432 g/mol. The van der Waals surface area contributed by atoms with E-state index in [0.29, 0.717) is 5.56 Å². The first kappa shape index (κ1) is 24.4. The molecule has 0 amide bonds. The van der Waals surface area contributed by atoms with Crippen LogP contribution in [0.3, 0.4) is 0 Å². The maximum absolute atomic E-state index is 13.7. The Bertz CT molecular complexity index is 662. The minimum atomic E-state index is -7.47. The lowest BCUT2D eigenvalue weighted by Gasteiger charge is -2.37. The Kier molecular flexibility index (Phi) is 6.41. The predicted octanol–water partition coefficient (Wildman–Crippen LogP) is 6.34. The summed E-state index contributed by atoms with van der Waals surface area (Å²) in [4.78, 5) is 0. The Labute approximate surface area is 152 Å². The largest absolute Gasteiger partial charge is 0.460 e. The quantitative estimate of drug-likeness (QED) is 0.499. The van der Waals surface area contributed by atoms with Crippen LogP contribution in [0.5, 0.6) is 0 Å². The van der Waals surface area contributed by atoms with Gasteiger partial charge >= 0.3 is 29.9 Å². The Morgan fingerprint density at radius 3 is 1.43 bits per heavy atom. The van der Waals surface area contributed by atoms with Crippen LogP contribution in [0.25, 0.3) is 0 Å². The molecule has 1 rings (SSSR count). The van der Waals surface area contributed by atoms with Crippen LogP contribution in [-0.4, -0.2) is 35.0 Å². The van der Waals surface area contributed by atoms with Gasteiger partial charge in [0.05, 0.1) is 6.10 Å². The molecule has 0 spiro atoms. The SMILES string of the molecule is CC(C)c1ccc(C(O)CC(F)(F)C(F)(F)C(F)(F)C(F)(F)C(F)(F)F)cc1. The van der Waals surface area contributed by atoms with E-state index in [1.807, 2.05) is 0 Å². The number of aliphatic hydroxyl groups excluding tert-OH is 1. The number of aliphatic hydroxyl groups is 1. The first-order valence-corrected chi connectivity index (χ1v) is 7.65. The van der Waals surface area contributed by atoms with Gasteiger partial charge in [-0.25, -0.2) is 0 Å². The van der Waals surface area contributed by atoms with Gasteiger partial charge in [0.2, 0.25) is 0 Å². The van der Waals surface area contributed by atoms with E-state index >= 15 is 0 Å². The summed E-state index contributed by atoms with van der Waals surface area (Å²) in [5, 5.41) is 9.61. The zero-order valence-electron chi connectivity index (χ0n) is 14.3. The lowest BCUT2D eigenvalue weighted by molar-refractivity contribution is -0.423. The van der Waals surface area contributed by atoms with E-state index in [9.17, 15) is 53.4 Å². The number of benzene rings is 1. The molecule has 28 heavy (non-hydrogen) atoms. The third-order valence-corrected chi connectivity index (χ3v) is 4.04. The lowest BCUT2D eigenvalue weighted by Crippen LogP contribution is -2.66. The Hall–Kier alpha value is -1.59. The highest BCUT2D eigenvalue weighted by molar-refractivity contribution is 5.26. The van der Waals surface area contributed by atoms with Crippen LogP contribution in [0.2, 0.25) is 0 Å². The molecule has 12 heteroatoms. The number of hydrogen-bond acceptors (Lipinski definition) is 1. The van der Waals surface area contributed by atoms with Crippen LogP contribution >= 0.6 is 0 Å². The van der Waals surface area contributed by atoms with E-state index < -0.39 is 48.0 Å². The van der Waals surface area contributed by atoms with Crippen LogP contribution in [0.4, 0.5) is 48.3 Å². The summed E-state index contributed by atoms with van der Waals surface area (Å²) in [5.41, 5.74) is 0.204. The molecule has 1 aromatic carbocycles. The smallest absolute Gasteiger partial charge is 0.388 e. The number of alkyl halides is 11. The molecule has 0 bridgehead atoms. The Balaban J connectivity index is 3.18. The Morgan fingerprint density at radius 2 is 1.07 bits per heavy atom. The molecule has 1 atom stereocenters. The summed E-state index contributed by atoms with van der Waals surface area (Å²) in [6.07, 6.45) is -12.2. The molecule has 0 aromatic heterocycles. The molecule has 1 aromatic rings. The molecular weight excluding hydrogens is 417 g/mol. The molecule has 0 aliphatic carbocycles. The third-order valence-electron chi connectivity index (χ3n) is 4.04. The van der Waals surface area contributed by atoms with Crippen molar-refractivity contribution in [1.82, 2.24) is 0 Å². The summed E-state index contributed by atoms with van der Waals surface area (Å²) in [7, 11) is 0. The molecule has 1 unspecified atom stereocenters. The molecule has 0 aliphatic rings. The fourth-order valence-electron chi connectivity index (χ4n) is 2.20. The molecule has 0 saturated carbocycles. The van der Waals surface area contributed by atoms with Crippen LogP contribution < -0.4 is 0 Å². The predicted molar refractivity (Wildman–Crippen MR) is 76.0 cm³/mol. The van der Waals surface area contributed by atoms with Crippen molar-refractivity contribution in [2.75, 3.05) is 0 Å².